The van der Waals surface area contributed by atoms with Crippen LogP contribution in [0.5, 0.6) is 0 Å². The molecule has 0 unspecified atom stereocenters. The first-order valence-electron chi connectivity index (χ1n) is 7.53. The summed E-state index contributed by atoms with van der Waals surface area (Å²) >= 11 is 5.80. The summed E-state index contributed by atoms with van der Waals surface area (Å²) in [7, 11) is 0. The third-order valence-corrected chi connectivity index (χ3v) is 4.44. The largest absolute Gasteiger partial charge is 0.375 e. The fraction of sp³-hybridized carbons (Fsp3) is 0.714. The van der Waals surface area contributed by atoms with E-state index in [9.17, 15) is 4.79 Å². The second-order valence-electron chi connectivity index (χ2n) is 5.69. The van der Waals surface area contributed by atoms with Crippen LogP contribution in [0.25, 0.3) is 0 Å². The van der Waals surface area contributed by atoms with Gasteiger partial charge in [0.05, 0.1) is 30.5 Å². The number of halogens is 2. The van der Waals surface area contributed by atoms with E-state index in [0.29, 0.717) is 24.2 Å². The summed E-state index contributed by atoms with van der Waals surface area (Å²) in [5.41, 5.74) is 0. The van der Waals surface area contributed by atoms with E-state index in [1.54, 1.807) is 17.1 Å². The number of nitrogens with one attached hydrogen (secondary N) is 2. The van der Waals surface area contributed by atoms with Gasteiger partial charge >= 0.3 is 0 Å². The zero-order valence-electron chi connectivity index (χ0n) is 12.3. The van der Waals surface area contributed by atoms with E-state index in [4.69, 9.17) is 16.3 Å². The number of fused-ring (bicyclic) bond motifs is 1. The van der Waals surface area contributed by atoms with E-state index in [2.05, 4.69) is 15.7 Å². The summed E-state index contributed by atoms with van der Waals surface area (Å²) in [6.07, 6.45) is 6.37. The zero-order chi connectivity index (χ0) is 14.7. The molecule has 1 aromatic rings. The van der Waals surface area contributed by atoms with Crippen LogP contribution in [-0.4, -0.2) is 47.5 Å². The SMILES string of the molecule is Cl.O=C(NCCn1cc(Cl)cn1)[C@H]1CC[C@H]2OCCN[C@@H]2C1. The summed E-state index contributed by atoms with van der Waals surface area (Å²) < 4.78 is 7.47. The van der Waals surface area contributed by atoms with Gasteiger partial charge in [-0.1, -0.05) is 11.6 Å². The Morgan fingerprint density at radius 2 is 2.41 bits per heavy atom. The zero-order valence-corrected chi connectivity index (χ0v) is 13.9. The lowest BCUT2D eigenvalue weighted by Crippen LogP contribution is -2.53. The van der Waals surface area contributed by atoms with E-state index < -0.39 is 0 Å². The fourth-order valence-electron chi connectivity index (χ4n) is 3.15. The Morgan fingerprint density at radius 3 is 3.18 bits per heavy atom. The van der Waals surface area contributed by atoms with Gasteiger partial charge in [-0.15, -0.1) is 12.4 Å². The first-order chi connectivity index (χ1) is 10.2. The van der Waals surface area contributed by atoms with Crippen molar-refractivity contribution in [1.82, 2.24) is 20.4 Å². The molecule has 1 aliphatic heterocycles. The van der Waals surface area contributed by atoms with E-state index in [1.807, 2.05) is 0 Å². The third-order valence-electron chi connectivity index (χ3n) is 4.24. The molecule has 0 radical (unpaired) electrons. The highest BCUT2D eigenvalue weighted by atomic mass is 35.5. The molecule has 0 spiro atoms. The number of rotatable bonds is 4. The Bertz CT molecular complexity index is 497. The maximum absolute atomic E-state index is 12.2. The van der Waals surface area contributed by atoms with Gasteiger partial charge in [-0.3, -0.25) is 9.48 Å². The lowest BCUT2D eigenvalue weighted by molar-refractivity contribution is -0.128. The predicted octanol–water partition coefficient (Wildman–Crippen LogP) is 1.23. The second kappa shape index (κ2) is 8.15. The monoisotopic (exact) mass is 348 g/mol. The molecule has 3 rings (SSSR count). The summed E-state index contributed by atoms with van der Waals surface area (Å²) in [5, 5.41) is 11.2. The molecule has 6 nitrogen and oxygen atoms in total. The molecule has 1 aliphatic carbocycles. The molecule has 0 bridgehead atoms. The number of nitrogens with zero attached hydrogens (tertiary/aromatic N) is 2. The van der Waals surface area contributed by atoms with Crippen molar-refractivity contribution in [3.8, 4) is 0 Å². The van der Waals surface area contributed by atoms with E-state index in [0.717, 1.165) is 32.4 Å². The number of carbonyl (C=O) groups is 1. The van der Waals surface area contributed by atoms with Gasteiger partial charge in [0.25, 0.3) is 0 Å². The summed E-state index contributed by atoms with van der Waals surface area (Å²) in [5.74, 6) is 0.223. The Labute approximate surface area is 141 Å². The van der Waals surface area contributed by atoms with Crippen LogP contribution in [0.2, 0.25) is 5.02 Å². The second-order valence-corrected chi connectivity index (χ2v) is 6.13. The van der Waals surface area contributed by atoms with Crippen LogP contribution in [0.1, 0.15) is 19.3 Å². The van der Waals surface area contributed by atoms with Crippen LogP contribution >= 0.6 is 24.0 Å². The van der Waals surface area contributed by atoms with Crippen molar-refractivity contribution in [1.29, 1.82) is 0 Å². The number of carbonyl (C=O) groups excluding carboxylic acids is 1. The van der Waals surface area contributed by atoms with Crippen molar-refractivity contribution in [2.24, 2.45) is 5.92 Å². The van der Waals surface area contributed by atoms with Crippen LogP contribution in [0, 0.1) is 5.92 Å². The molecule has 8 heteroatoms. The molecule has 1 saturated carbocycles. The Hall–Kier alpha value is -0.820. The normalized spacial score (nSPS) is 27.6. The Morgan fingerprint density at radius 1 is 1.55 bits per heavy atom. The lowest BCUT2D eigenvalue weighted by Gasteiger charge is -2.39. The maximum atomic E-state index is 12.2. The van der Waals surface area contributed by atoms with Gasteiger partial charge in [0.15, 0.2) is 0 Å². The predicted molar refractivity (Wildman–Crippen MR) is 86.4 cm³/mol. The highest BCUT2D eigenvalue weighted by Crippen LogP contribution is 2.28. The number of morpholine rings is 1. The highest BCUT2D eigenvalue weighted by Gasteiger charge is 2.35. The van der Waals surface area contributed by atoms with E-state index in [1.165, 1.54) is 0 Å². The fourth-order valence-corrected chi connectivity index (χ4v) is 3.30. The first-order valence-corrected chi connectivity index (χ1v) is 7.91. The van der Waals surface area contributed by atoms with Crippen LogP contribution in [0.3, 0.4) is 0 Å². The van der Waals surface area contributed by atoms with Crippen molar-refractivity contribution in [2.45, 2.75) is 38.0 Å². The van der Waals surface area contributed by atoms with Crippen molar-refractivity contribution >= 4 is 29.9 Å². The van der Waals surface area contributed by atoms with Crippen LogP contribution in [0.15, 0.2) is 12.4 Å². The molecule has 2 aliphatic rings. The average Bonchev–Trinajstić information content (AvgIpc) is 2.92. The third kappa shape index (κ3) is 4.35. The number of hydrogen-bond donors (Lipinski definition) is 2. The van der Waals surface area contributed by atoms with Crippen molar-refractivity contribution in [3.05, 3.63) is 17.4 Å². The van der Waals surface area contributed by atoms with Gasteiger partial charge in [-0.2, -0.15) is 5.10 Å². The molecule has 2 heterocycles. The first kappa shape index (κ1) is 17.5. The van der Waals surface area contributed by atoms with Crippen molar-refractivity contribution in [3.63, 3.8) is 0 Å². The van der Waals surface area contributed by atoms with Crippen molar-refractivity contribution in [2.75, 3.05) is 19.7 Å². The maximum Gasteiger partial charge on any atom is 0.223 e. The van der Waals surface area contributed by atoms with Gasteiger partial charge in [0, 0.05) is 31.2 Å². The Kier molecular flexibility index (Phi) is 6.50. The summed E-state index contributed by atoms with van der Waals surface area (Å²) in [6, 6.07) is 0.327. The van der Waals surface area contributed by atoms with Crippen LogP contribution in [0.4, 0.5) is 0 Å². The standard InChI is InChI=1S/C14H21ClN4O2.ClH/c15-11-8-18-19(9-11)5-3-17-14(20)10-1-2-13-12(7-10)16-4-6-21-13;/h8-10,12-13,16H,1-7H2,(H,17,20);1H/t10-,12+,13+;/m0./s1. The molecule has 1 amide bonds. The minimum atomic E-state index is 0. The molecule has 3 atom stereocenters. The number of aromatic nitrogens is 2. The van der Waals surface area contributed by atoms with Crippen LogP contribution in [-0.2, 0) is 16.1 Å². The molecule has 1 saturated heterocycles. The van der Waals surface area contributed by atoms with Gasteiger partial charge in [0.1, 0.15) is 0 Å². The minimum absolute atomic E-state index is 0. The van der Waals surface area contributed by atoms with Crippen molar-refractivity contribution < 1.29 is 9.53 Å². The summed E-state index contributed by atoms with van der Waals surface area (Å²) in [4.78, 5) is 12.2. The smallest absolute Gasteiger partial charge is 0.223 e. The molecule has 2 N–H and O–H groups in total. The van der Waals surface area contributed by atoms with Gasteiger partial charge in [0.2, 0.25) is 5.91 Å². The molecule has 1 aromatic heterocycles. The summed E-state index contributed by atoms with van der Waals surface area (Å²) in [6.45, 7) is 2.88. The quantitative estimate of drug-likeness (QED) is 0.858. The topological polar surface area (TPSA) is 68.2 Å². The highest BCUT2D eigenvalue weighted by molar-refractivity contribution is 6.30. The average molecular weight is 349 g/mol. The number of amides is 1. The number of ether oxygens (including phenoxy) is 1. The molecule has 22 heavy (non-hydrogen) atoms. The lowest BCUT2D eigenvalue weighted by atomic mass is 9.82. The molecule has 124 valence electrons. The van der Waals surface area contributed by atoms with Crippen LogP contribution < -0.4 is 10.6 Å². The number of hydrogen-bond acceptors (Lipinski definition) is 4. The van der Waals surface area contributed by atoms with Gasteiger partial charge in [-0.25, -0.2) is 0 Å². The molecular formula is C14H22Cl2N4O2. The molecular weight excluding hydrogens is 327 g/mol. The molecule has 0 aromatic carbocycles. The Balaban J connectivity index is 0.00000176. The van der Waals surface area contributed by atoms with E-state index >= 15 is 0 Å². The minimum Gasteiger partial charge on any atom is -0.375 e. The van der Waals surface area contributed by atoms with Gasteiger partial charge < -0.3 is 15.4 Å². The van der Waals surface area contributed by atoms with Gasteiger partial charge in [-0.05, 0) is 19.3 Å². The molecule has 2 fully saturated rings. The van der Waals surface area contributed by atoms with E-state index in [-0.39, 0.29) is 30.3 Å².